The van der Waals surface area contributed by atoms with Crippen molar-refractivity contribution in [2.45, 2.75) is 11.2 Å². The van der Waals surface area contributed by atoms with E-state index in [9.17, 15) is 0 Å². The lowest BCUT2D eigenvalue weighted by Gasteiger charge is -1.82. The molecule has 0 saturated heterocycles. The Bertz CT molecular complexity index is 182. The van der Waals surface area contributed by atoms with Crippen molar-refractivity contribution in [3.63, 3.8) is 0 Å². The highest BCUT2D eigenvalue weighted by molar-refractivity contribution is 6.63. The average Bonchev–Trinajstić information content (AvgIpc) is 2.08. The Morgan fingerprint density at radius 2 is 1.31 bits per heavy atom. The molecule has 1 rings (SSSR count). The fraction of sp³-hybridized carbons (Fsp3) is 0.200. The quantitative estimate of drug-likeness (QED) is 0.451. The zero-order chi connectivity index (χ0) is 10.7. The molecule has 0 spiro atoms. The van der Waals surface area contributed by atoms with Gasteiger partial charge in [0.25, 0.3) is 0 Å². The van der Waals surface area contributed by atoms with Gasteiger partial charge in [0.1, 0.15) is 0 Å². The zero-order valence-corrected chi connectivity index (χ0v) is 9.78. The van der Waals surface area contributed by atoms with E-state index >= 15 is 0 Å². The van der Waals surface area contributed by atoms with Gasteiger partial charge in [0.2, 0.25) is 0 Å². The van der Waals surface area contributed by atoms with E-state index in [-0.39, 0.29) is 0 Å². The van der Waals surface area contributed by atoms with Crippen LogP contribution in [0.2, 0.25) is 0 Å². The summed E-state index contributed by atoms with van der Waals surface area (Å²) < 4.78 is -0.750. The van der Waals surface area contributed by atoms with Gasteiger partial charge in [-0.1, -0.05) is 70.7 Å². The molecule has 0 radical (unpaired) electrons. The van der Waals surface area contributed by atoms with Gasteiger partial charge in [0, 0.05) is 0 Å². The average molecular weight is 240 g/mol. The lowest BCUT2D eigenvalue weighted by molar-refractivity contribution is 1.48. The lowest BCUT2D eigenvalue weighted by Crippen LogP contribution is -1.62. The van der Waals surface area contributed by atoms with Crippen molar-refractivity contribution < 1.29 is 0 Å². The topological polar surface area (TPSA) is 0 Å². The first-order valence-corrected chi connectivity index (χ1v) is 4.87. The Labute approximate surface area is 95.1 Å². The number of aryl methyl sites for hydroxylation is 1. The Balaban J connectivity index is 0. The van der Waals surface area contributed by atoms with Crippen molar-refractivity contribution in [1.29, 1.82) is 0 Å². The highest BCUT2D eigenvalue weighted by atomic mass is 35.6. The number of benzene rings is 1. The molecule has 74 valence electrons. The van der Waals surface area contributed by atoms with E-state index < -0.39 is 4.30 Å². The van der Waals surface area contributed by atoms with E-state index in [0.717, 1.165) is 0 Å². The van der Waals surface area contributed by atoms with Crippen LogP contribution in [0.4, 0.5) is 0 Å². The van der Waals surface area contributed by atoms with Crippen LogP contribution >= 0.6 is 34.8 Å². The number of rotatable bonds is 0. The molecule has 0 fully saturated rings. The molecule has 3 heteroatoms. The lowest BCUT2D eigenvalue weighted by atomic mass is 10.2. The first-order chi connectivity index (χ1) is 6.13. The summed E-state index contributed by atoms with van der Waals surface area (Å²) in [6.07, 6.45) is 0. The summed E-state index contributed by atoms with van der Waals surface area (Å²) in [5.74, 6) is 0. The first kappa shape index (κ1) is 15.3. The van der Waals surface area contributed by atoms with E-state index in [1.165, 1.54) is 5.56 Å². The molecule has 0 bridgehead atoms. The molecule has 0 N–H and O–H groups in total. The molecule has 0 atom stereocenters. The molecule has 1 aromatic carbocycles. The maximum absolute atomic E-state index is 4.81. The van der Waals surface area contributed by atoms with Crippen LogP contribution in [0, 0.1) is 6.92 Å². The second-order valence-electron chi connectivity index (χ2n) is 1.90. The molecule has 1 aromatic rings. The largest absolute Gasteiger partial charge is 0.180 e. The number of hydrogen-bond donors (Lipinski definition) is 0. The molecule has 13 heavy (non-hydrogen) atoms. The van der Waals surface area contributed by atoms with Crippen LogP contribution in [-0.4, -0.2) is 4.30 Å². The monoisotopic (exact) mass is 238 g/mol. The fourth-order valence-electron chi connectivity index (χ4n) is 0.534. The van der Waals surface area contributed by atoms with E-state index in [0.29, 0.717) is 0 Å². The minimum absolute atomic E-state index is 0.750. The third kappa shape index (κ3) is 18.6. The molecule has 0 aliphatic rings. The highest BCUT2D eigenvalue weighted by Crippen LogP contribution is 2.03. The van der Waals surface area contributed by atoms with Gasteiger partial charge in [-0.2, -0.15) is 0 Å². The SMILES string of the molecule is C=C.Cc1ccccc1.ClC(Cl)Cl. The second kappa shape index (κ2) is 11.8. The molecule has 0 saturated carbocycles. The Hall–Kier alpha value is -0.170. The van der Waals surface area contributed by atoms with Gasteiger partial charge in [-0.15, -0.1) is 13.2 Å². The molecule has 0 aliphatic heterocycles. The summed E-state index contributed by atoms with van der Waals surface area (Å²) in [7, 11) is 0. The molecular weight excluding hydrogens is 226 g/mol. The van der Waals surface area contributed by atoms with E-state index in [2.05, 4.69) is 32.2 Å². The maximum atomic E-state index is 4.81. The van der Waals surface area contributed by atoms with Crippen LogP contribution in [0.15, 0.2) is 43.5 Å². The van der Waals surface area contributed by atoms with Crippen molar-refractivity contribution in [1.82, 2.24) is 0 Å². The fourth-order valence-corrected chi connectivity index (χ4v) is 0.534. The minimum atomic E-state index is -0.750. The van der Waals surface area contributed by atoms with Crippen LogP contribution in [0.3, 0.4) is 0 Å². The van der Waals surface area contributed by atoms with Gasteiger partial charge in [-0.25, -0.2) is 0 Å². The third-order valence-corrected chi connectivity index (χ3v) is 0.940. The van der Waals surface area contributed by atoms with Crippen LogP contribution in [-0.2, 0) is 0 Å². The Morgan fingerprint density at radius 3 is 1.46 bits per heavy atom. The zero-order valence-electron chi connectivity index (χ0n) is 7.51. The smallest absolute Gasteiger partial charge is 0.106 e. The van der Waals surface area contributed by atoms with E-state index in [1.807, 2.05) is 18.2 Å². The predicted molar refractivity (Wildman–Crippen MR) is 63.8 cm³/mol. The highest BCUT2D eigenvalue weighted by Gasteiger charge is 1.78. The molecule has 0 aromatic heterocycles. The van der Waals surface area contributed by atoms with Crippen molar-refractivity contribution in [3.8, 4) is 0 Å². The third-order valence-electron chi connectivity index (χ3n) is 0.940. The summed E-state index contributed by atoms with van der Waals surface area (Å²) in [6, 6.07) is 10.3. The standard InChI is InChI=1S/C7H8.C2H4.CHCl3/c1-7-5-3-2-4-6-7;1-2;2-1(3)4/h2-6H,1H3;1-2H2;1H. The number of halogens is 3. The van der Waals surface area contributed by atoms with Crippen LogP contribution in [0.25, 0.3) is 0 Å². The summed E-state index contributed by atoms with van der Waals surface area (Å²) in [6.45, 7) is 8.08. The first-order valence-electron chi connectivity index (χ1n) is 3.57. The van der Waals surface area contributed by atoms with Crippen LogP contribution in [0.5, 0.6) is 0 Å². The normalized spacial score (nSPS) is 7.77. The molecule has 0 nitrogen and oxygen atoms in total. The Morgan fingerprint density at radius 1 is 1.00 bits per heavy atom. The molecule has 0 unspecified atom stereocenters. The van der Waals surface area contributed by atoms with Gasteiger partial charge >= 0.3 is 0 Å². The Kier molecular flexibility index (Phi) is 13.9. The van der Waals surface area contributed by atoms with Crippen molar-refractivity contribution in [2.24, 2.45) is 0 Å². The summed E-state index contributed by atoms with van der Waals surface area (Å²) in [5, 5.41) is 0. The predicted octanol–water partition coefficient (Wildman–Crippen LogP) is 4.78. The van der Waals surface area contributed by atoms with Crippen LogP contribution in [0.1, 0.15) is 5.56 Å². The van der Waals surface area contributed by atoms with Crippen molar-refractivity contribution in [2.75, 3.05) is 0 Å². The van der Waals surface area contributed by atoms with Gasteiger partial charge in [-0.05, 0) is 6.92 Å². The van der Waals surface area contributed by atoms with Crippen molar-refractivity contribution in [3.05, 3.63) is 49.1 Å². The summed E-state index contributed by atoms with van der Waals surface area (Å²) in [4.78, 5) is 0. The van der Waals surface area contributed by atoms with Crippen LogP contribution < -0.4 is 0 Å². The van der Waals surface area contributed by atoms with Gasteiger partial charge in [-0.3, -0.25) is 0 Å². The molecule has 0 heterocycles. The van der Waals surface area contributed by atoms with E-state index in [1.54, 1.807) is 0 Å². The minimum Gasteiger partial charge on any atom is -0.106 e. The summed E-state index contributed by atoms with van der Waals surface area (Å²) in [5.41, 5.74) is 1.32. The second-order valence-corrected chi connectivity index (χ2v) is 3.88. The van der Waals surface area contributed by atoms with Gasteiger partial charge < -0.3 is 0 Å². The summed E-state index contributed by atoms with van der Waals surface area (Å²) >= 11 is 14.4. The number of hydrogen-bond acceptors (Lipinski definition) is 0. The van der Waals surface area contributed by atoms with Gasteiger partial charge in [0.15, 0.2) is 4.30 Å². The van der Waals surface area contributed by atoms with Crippen molar-refractivity contribution >= 4 is 34.8 Å². The molecule has 0 aliphatic carbocycles. The molecule has 0 amide bonds. The maximum Gasteiger partial charge on any atom is 0.180 e. The van der Waals surface area contributed by atoms with Gasteiger partial charge in [0.05, 0.1) is 0 Å². The molecular formula is C10H13Cl3. The number of alkyl halides is 3. The van der Waals surface area contributed by atoms with E-state index in [4.69, 9.17) is 34.8 Å².